The van der Waals surface area contributed by atoms with E-state index in [1.807, 2.05) is 37.3 Å². The van der Waals surface area contributed by atoms with Crippen LogP contribution in [0, 0.1) is 6.92 Å². The van der Waals surface area contributed by atoms with Crippen molar-refractivity contribution in [3.8, 4) is 11.1 Å². The Bertz CT molecular complexity index is 1060. The Labute approximate surface area is 158 Å². The summed E-state index contributed by atoms with van der Waals surface area (Å²) in [5.74, 6) is -0.374. The van der Waals surface area contributed by atoms with Gasteiger partial charge in [-0.3, -0.25) is 9.89 Å². The molecule has 0 aliphatic heterocycles. The maximum absolute atomic E-state index is 12.7. The van der Waals surface area contributed by atoms with Crippen LogP contribution in [0.4, 0.5) is 5.69 Å². The van der Waals surface area contributed by atoms with Gasteiger partial charge in [-0.2, -0.15) is 5.10 Å². The van der Waals surface area contributed by atoms with E-state index in [0.717, 1.165) is 21.1 Å². The number of rotatable bonds is 5. The predicted octanol–water partition coefficient (Wildman–Crippen LogP) is 2.89. The summed E-state index contributed by atoms with van der Waals surface area (Å²) in [4.78, 5) is 12.8. The van der Waals surface area contributed by atoms with Crippen molar-refractivity contribution < 1.29 is 13.2 Å². The van der Waals surface area contributed by atoms with Crippen LogP contribution in [0.15, 0.2) is 59.5 Å². The standard InChI is InChI=1S/C19H20N4O3S/c1-13-17(14-7-5-4-6-8-14)18(22-21-13)19(24)20-15-9-11-16(12-10-15)27(25,26)23(2)3/h4-12H,1-3H3,(H,20,24)(H,21,22). The van der Waals surface area contributed by atoms with E-state index in [2.05, 4.69) is 15.5 Å². The SMILES string of the molecule is Cc1[nH]nc(C(=O)Nc2ccc(S(=O)(=O)N(C)C)cc2)c1-c1ccccc1. The van der Waals surface area contributed by atoms with Crippen molar-refractivity contribution in [1.82, 2.24) is 14.5 Å². The number of aryl methyl sites for hydroxylation is 1. The normalized spacial score (nSPS) is 11.6. The lowest BCUT2D eigenvalue weighted by molar-refractivity contribution is 0.102. The number of carbonyl (C=O) groups excluding carboxylic acids is 1. The molecule has 0 fully saturated rings. The van der Waals surface area contributed by atoms with Gasteiger partial charge in [-0.25, -0.2) is 12.7 Å². The van der Waals surface area contributed by atoms with Crippen LogP contribution in [0.2, 0.25) is 0 Å². The fourth-order valence-electron chi connectivity index (χ4n) is 2.66. The third kappa shape index (κ3) is 3.76. The highest BCUT2D eigenvalue weighted by molar-refractivity contribution is 7.89. The molecule has 7 nitrogen and oxygen atoms in total. The Morgan fingerprint density at radius 1 is 1.04 bits per heavy atom. The van der Waals surface area contributed by atoms with E-state index in [4.69, 9.17) is 0 Å². The lowest BCUT2D eigenvalue weighted by atomic mass is 10.0. The van der Waals surface area contributed by atoms with E-state index >= 15 is 0 Å². The Balaban J connectivity index is 1.85. The maximum Gasteiger partial charge on any atom is 0.276 e. The highest BCUT2D eigenvalue weighted by Crippen LogP contribution is 2.26. The van der Waals surface area contributed by atoms with Crippen molar-refractivity contribution >= 4 is 21.6 Å². The van der Waals surface area contributed by atoms with Crippen molar-refractivity contribution in [3.05, 3.63) is 66.0 Å². The zero-order chi connectivity index (χ0) is 19.6. The van der Waals surface area contributed by atoms with Gasteiger partial charge in [-0.15, -0.1) is 0 Å². The monoisotopic (exact) mass is 384 g/mol. The molecule has 2 aromatic carbocycles. The second-order valence-corrected chi connectivity index (χ2v) is 8.36. The molecular weight excluding hydrogens is 364 g/mol. The fourth-order valence-corrected chi connectivity index (χ4v) is 3.56. The van der Waals surface area contributed by atoms with Gasteiger partial charge in [-0.1, -0.05) is 30.3 Å². The van der Waals surface area contributed by atoms with Crippen LogP contribution >= 0.6 is 0 Å². The topological polar surface area (TPSA) is 95.2 Å². The quantitative estimate of drug-likeness (QED) is 0.707. The highest BCUT2D eigenvalue weighted by Gasteiger charge is 2.20. The summed E-state index contributed by atoms with van der Waals surface area (Å²) in [7, 11) is -0.574. The molecule has 0 bridgehead atoms. The number of sulfonamides is 1. The second-order valence-electron chi connectivity index (χ2n) is 6.20. The van der Waals surface area contributed by atoms with Crippen molar-refractivity contribution in [2.24, 2.45) is 0 Å². The van der Waals surface area contributed by atoms with Crippen LogP contribution in [0.1, 0.15) is 16.2 Å². The first-order valence-corrected chi connectivity index (χ1v) is 9.69. The van der Waals surface area contributed by atoms with Gasteiger partial charge in [-0.05, 0) is 36.8 Å². The van der Waals surface area contributed by atoms with E-state index in [1.165, 1.54) is 26.2 Å². The molecule has 27 heavy (non-hydrogen) atoms. The number of amides is 1. The summed E-state index contributed by atoms with van der Waals surface area (Å²) in [6.45, 7) is 1.85. The molecule has 1 heterocycles. The second kappa shape index (κ2) is 7.34. The van der Waals surface area contributed by atoms with Crippen molar-refractivity contribution in [3.63, 3.8) is 0 Å². The number of hydrogen-bond donors (Lipinski definition) is 2. The van der Waals surface area contributed by atoms with Crippen LogP contribution in [0.25, 0.3) is 11.1 Å². The molecule has 0 aliphatic carbocycles. The van der Waals surface area contributed by atoms with Gasteiger partial charge in [0.05, 0.1) is 4.90 Å². The molecule has 1 aromatic heterocycles. The third-order valence-electron chi connectivity index (χ3n) is 4.12. The summed E-state index contributed by atoms with van der Waals surface area (Å²) in [6, 6.07) is 15.5. The van der Waals surface area contributed by atoms with E-state index in [9.17, 15) is 13.2 Å². The number of nitrogens with zero attached hydrogens (tertiary/aromatic N) is 2. The van der Waals surface area contributed by atoms with Gasteiger partial charge in [0, 0.05) is 31.0 Å². The maximum atomic E-state index is 12.7. The Morgan fingerprint density at radius 2 is 1.67 bits per heavy atom. The van der Waals surface area contributed by atoms with E-state index < -0.39 is 10.0 Å². The van der Waals surface area contributed by atoms with E-state index in [1.54, 1.807) is 12.1 Å². The van der Waals surface area contributed by atoms with Crippen molar-refractivity contribution in [2.45, 2.75) is 11.8 Å². The van der Waals surface area contributed by atoms with E-state index in [0.29, 0.717) is 5.69 Å². The molecule has 1 amide bonds. The minimum Gasteiger partial charge on any atom is -0.321 e. The van der Waals surface area contributed by atoms with Gasteiger partial charge in [0.15, 0.2) is 5.69 Å². The number of nitrogens with one attached hydrogen (secondary N) is 2. The third-order valence-corrected chi connectivity index (χ3v) is 5.94. The molecule has 0 saturated heterocycles. The first-order chi connectivity index (χ1) is 12.8. The van der Waals surface area contributed by atoms with Gasteiger partial charge >= 0.3 is 0 Å². The Hall–Kier alpha value is -2.97. The van der Waals surface area contributed by atoms with Gasteiger partial charge < -0.3 is 5.32 Å². The van der Waals surface area contributed by atoms with Gasteiger partial charge in [0.2, 0.25) is 10.0 Å². The van der Waals surface area contributed by atoms with Gasteiger partial charge in [0.25, 0.3) is 5.91 Å². The molecule has 0 spiro atoms. The Kier molecular flexibility index (Phi) is 5.11. The first kappa shape index (κ1) is 18.8. The summed E-state index contributed by atoms with van der Waals surface area (Å²) >= 11 is 0. The smallest absolute Gasteiger partial charge is 0.276 e. The van der Waals surface area contributed by atoms with Crippen LogP contribution in [-0.4, -0.2) is 42.9 Å². The molecular formula is C19H20N4O3S. The molecule has 2 N–H and O–H groups in total. The molecule has 0 saturated carbocycles. The lowest BCUT2D eigenvalue weighted by Crippen LogP contribution is -2.22. The fraction of sp³-hybridized carbons (Fsp3) is 0.158. The molecule has 3 rings (SSSR count). The predicted molar refractivity (Wildman–Crippen MR) is 104 cm³/mol. The zero-order valence-electron chi connectivity index (χ0n) is 15.2. The van der Waals surface area contributed by atoms with Crippen molar-refractivity contribution in [2.75, 3.05) is 19.4 Å². The number of aromatic nitrogens is 2. The Morgan fingerprint density at radius 3 is 2.26 bits per heavy atom. The van der Waals surface area contributed by atoms with Crippen molar-refractivity contribution in [1.29, 1.82) is 0 Å². The number of anilines is 1. The number of aromatic amines is 1. The molecule has 0 unspecified atom stereocenters. The number of H-pyrrole nitrogens is 1. The van der Waals surface area contributed by atoms with Crippen LogP contribution in [0.3, 0.4) is 0 Å². The molecule has 3 aromatic rings. The summed E-state index contributed by atoms with van der Waals surface area (Å²) in [5.41, 5.74) is 3.18. The number of carbonyl (C=O) groups is 1. The number of benzene rings is 2. The molecule has 8 heteroatoms. The van der Waals surface area contributed by atoms with Crippen LogP contribution in [0.5, 0.6) is 0 Å². The van der Waals surface area contributed by atoms with Gasteiger partial charge in [0.1, 0.15) is 0 Å². The number of hydrogen-bond acceptors (Lipinski definition) is 4. The largest absolute Gasteiger partial charge is 0.321 e. The minimum absolute atomic E-state index is 0.158. The lowest BCUT2D eigenvalue weighted by Gasteiger charge is -2.12. The van der Waals surface area contributed by atoms with Crippen LogP contribution in [-0.2, 0) is 10.0 Å². The molecule has 0 atom stereocenters. The summed E-state index contributed by atoms with van der Waals surface area (Å²) < 4.78 is 25.4. The minimum atomic E-state index is -3.51. The summed E-state index contributed by atoms with van der Waals surface area (Å²) in [6.07, 6.45) is 0. The average Bonchev–Trinajstić information content (AvgIpc) is 3.04. The highest BCUT2D eigenvalue weighted by atomic mass is 32.2. The summed E-state index contributed by atoms with van der Waals surface area (Å²) in [5, 5.41) is 9.74. The van der Waals surface area contributed by atoms with Crippen LogP contribution < -0.4 is 5.32 Å². The van der Waals surface area contributed by atoms with E-state index in [-0.39, 0.29) is 16.5 Å². The molecule has 140 valence electrons. The molecule has 0 radical (unpaired) electrons. The first-order valence-electron chi connectivity index (χ1n) is 8.25. The zero-order valence-corrected chi connectivity index (χ0v) is 16.0. The molecule has 0 aliphatic rings. The average molecular weight is 384 g/mol.